The predicted octanol–water partition coefficient (Wildman–Crippen LogP) is 2.89. The Bertz CT molecular complexity index is 728. The van der Waals surface area contributed by atoms with Gasteiger partial charge >= 0.3 is 0 Å². The first-order valence-corrected chi connectivity index (χ1v) is 10.0. The zero-order valence-electron chi connectivity index (χ0n) is 16.2. The van der Waals surface area contributed by atoms with Gasteiger partial charge in [-0.1, -0.05) is 13.8 Å². The van der Waals surface area contributed by atoms with Gasteiger partial charge in [0.15, 0.2) is 11.5 Å². The fraction of sp³-hybridized carbons (Fsp3) is 0.611. The summed E-state index contributed by atoms with van der Waals surface area (Å²) < 4.78 is 43.2. The van der Waals surface area contributed by atoms with Crippen molar-refractivity contribution in [1.29, 1.82) is 5.26 Å². The highest BCUT2D eigenvalue weighted by Gasteiger charge is 2.37. The third-order valence-corrected chi connectivity index (χ3v) is 4.97. The number of rotatable bonds is 10. The van der Waals surface area contributed by atoms with E-state index in [9.17, 15) is 13.7 Å². The van der Waals surface area contributed by atoms with Crippen LogP contribution in [0.25, 0.3) is 0 Å². The smallest absolute Gasteiger partial charge is 0.264 e. The van der Waals surface area contributed by atoms with Gasteiger partial charge in [-0.05, 0) is 36.5 Å². The Morgan fingerprint density at radius 2 is 1.65 bits per heavy atom. The molecular weight excluding hydrogens is 358 g/mol. The van der Waals surface area contributed by atoms with Crippen molar-refractivity contribution in [1.82, 2.24) is 0 Å². The van der Waals surface area contributed by atoms with Gasteiger partial charge < -0.3 is 14.2 Å². The van der Waals surface area contributed by atoms with Crippen molar-refractivity contribution in [3.05, 3.63) is 17.7 Å². The molecule has 0 N–H and O–H groups in total. The molecule has 0 aliphatic carbocycles. The Balaban J connectivity index is 3.30. The molecule has 26 heavy (non-hydrogen) atoms. The highest BCUT2D eigenvalue weighted by atomic mass is 32.2. The van der Waals surface area contributed by atoms with Crippen molar-refractivity contribution in [2.75, 3.05) is 34.2 Å². The molecule has 146 valence electrons. The van der Waals surface area contributed by atoms with E-state index < -0.39 is 15.5 Å². The van der Waals surface area contributed by atoms with Crippen LogP contribution < -0.4 is 14.2 Å². The van der Waals surface area contributed by atoms with Gasteiger partial charge in [-0.15, -0.1) is 0 Å². The van der Waals surface area contributed by atoms with Gasteiger partial charge in [0.1, 0.15) is 0 Å². The minimum absolute atomic E-state index is 0.0272. The van der Waals surface area contributed by atoms with Gasteiger partial charge in [-0.2, -0.15) is 13.7 Å². The molecule has 0 spiro atoms. The molecule has 0 aromatic heterocycles. The molecule has 1 atom stereocenters. The molecule has 0 saturated carbocycles. The van der Waals surface area contributed by atoms with Crippen LogP contribution in [0.3, 0.4) is 0 Å². The van der Waals surface area contributed by atoms with Gasteiger partial charge in [0.05, 0.1) is 45.7 Å². The van der Waals surface area contributed by atoms with E-state index in [2.05, 4.69) is 6.07 Å². The highest BCUT2D eigenvalue weighted by Crippen LogP contribution is 2.45. The first-order valence-electron chi connectivity index (χ1n) is 8.21. The van der Waals surface area contributed by atoms with Gasteiger partial charge in [0, 0.05) is 0 Å². The summed E-state index contributed by atoms with van der Waals surface area (Å²) in [5.41, 5.74) is -0.128. The second kappa shape index (κ2) is 9.10. The third-order valence-electron chi connectivity index (χ3n) is 4.38. The Morgan fingerprint density at radius 3 is 2.00 bits per heavy atom. The van der Waals surface area contributed by atoms with Crippen LogP contribution in [-0.2, 0) is 19.7 Å². The summed E-state index contributed by atoms with van der Waals surface area (Å²) in [6.07, 6.45) is 1.84. The van der Waals surface area contributed by atoms with Crippen LogP contribution in [0.4, 0.5) is 0 Å². The highest BCUT2D eigenvalue weighted by molar-refractivity contribution is 7.85. The summed E-state index contributed by atoms with van der Waals surface area (Å²) in [6, 6.07) is 5.94. The van der Waals surface area contributed by atoms with Crippen LogP contribution in [-0.4, -0.2) is 42.6 Å². The molecule has 0 aliphatic heterocycles. The maximum atomic E-state index is 11.1. The van der Waals surface area contributed by atoms with E-state index in [1.54, 1.807) is 12.1 Å². The summed E-state index contributed by atoms with van der Waals surface area (Å²) in [7, 11) is 1.05. The first-order chi connectivity index (χ1) is 12.1. The van der Waals surface area contributed by atoms with E-state index in [1.165, 1.54) is 21.3 Å². The van der Waals surface area contributed by atoms with E-state index in [-0.39, 0.29) is 12.5 Å². The lowest BCUT2D eigenvalue weighted by atomic mass is 9.69. The van der Waals surface area contributed by atoms with E-state index in [1.807, 2.05) is 13.8 Å². The van der Waals surface area contributed by atoms with Crippen LogP contribution in [0.1, 0.15) is 32.3 Å². The number of methoxy groups -OCH3 is 3. The lowest BCUT2D eigenvalue weighted by Crippen LogP contribution is -2.31. The number of ether oxygens (including phenoxy) is 3. The zero-order chi connectivity index (χ0) is 20.0. The molecule has 1 rings (SSSR count). The SMILES string of the molecule is COc1cc(C(C#N)(CCCOS(C)(=O)=O)C(C)C)cc(OC)c1OC. The van der Waals surface area contributed by atoms with Crippen molar-refractivity contribution in [2.24, 2.45) is 5.92 Å². The summed E-state index contributed by atoms with van der Waals surface area (Å²) in [6.45, 7) is 3.92. The summed E-state index contributed by atoms with van der Waals surface area (Å²) in [4.78, 5) is 0. The van der Waals surface area contributed by atoms with Crippen LogP contribution in [0, 0.1) is 17.2 Å². The minimum atomic E-state index is -3.50. The molecule has 0 bridgehead atoms. The topological polar surface area (TPSA) is 94.9 Å². The molecule has 0 aliphatic rings. The maximum absolute atomic E-state index is 11.1. The fourth-order valence-corrected chi connectivity index (χ4v) is 3.34. The van der Waals surface area contributed by atoms with Gasteiger partial charge in [-0.3, -0.25) is 4.18 Å². The van der Waals surface area contributed by atoms with Crippen LogP contribution in [0.2, 0.25) is 0 Å². The Kier molecular flexibility index (Phi) is 7.72. The summed E-state index contributed by atoms with van der Waals surface area (Å²) in [5.74, 6) is 1.35. The normalized spacial score (nSPS) is 13.8. The van der Waals surface area contributed by atoms with Crippen molar-refractivity contribution >= 4 is 10.1 Å². The van der Waals surface area contributed by atoms with Gasteiger partial charge in [0.25, 0.3) is 10.1 Å². The molecule has 1 unspecified atom stereocenters. The second-order valence-electron chi connectivity index (χ2n) is 6.28. The van der Waals surface area contributed by atoms with E-state index in [4.69, 9.17) is 18.4 Å². The average Bonchev–Trinajstić information content (AvgIpc) is 2.59. The summed E-state index contributed by atoms with van der Waals surface area (Å²) >= 11 is 0. The number of hydrogen-bond acceptors (Lipinski definition) is 7. The maximum Gasteiger partial charge on any atom is 0.264 e. The predicted molar refractivity (Wildman–Crippen MR) is 98.3 cm³/mol. The van der Waals surface area contributed by atoms with Crippen LogP contribution >= 0.6 is 0 Å². The molecule has 7 nitrogen and oxygen atoms in total. The van der Waals surface area contributed by atoms with E-state index >= 15 is 0 Å². The molecule has 1 aromatic carbocycles. The van der Waals surface area contributed by atoms with E-state index in [0.717, 1.165) is 11.8 Å². The fourth-order valence-electron chi connectivity index (χ4n) is 2.92. The Hall–Kier alpha value is -1.98. The number of nitriles is 1. The molecule has 8 heteroatoms. The average molecular weight is 385 g/mol. The van der Waals surface area contributed by atoms with Crippen molar-refractivity contribution in [3.8, 4) is 23.3 Å². The van der Waals surface area contributed by atoms with E-state index in [0.29, 0.717) is 30.1 Å². The van der Waals surface area contributed by atoms with Gasteiger partial charge in [0.2, 0.25) is 5.75 Å². The summed E-state index contributed by atoms with van der Waals surface area (Å²) in [5, 5.41) is 9.99. The lowest BCUT2D eigenvalue weighted by Gasteiger charge is -2.32. The molecule has 0 fully saturated rings. The van der Waals surface area contributed by atoms with Crippen molar-refractivity contribution in [3.63, 3.8) is 0 Å². The molecule has 0 radical (unpaired) electrons. The lowest BCUT2D eigenvalue weighted by molar-refractivity contribution is 0.277. The quantitative estimate of drug-likeness (QED) is 0.451. The minimum Gasteiger partial charge on any atom is -0.493 e. The third kappa shape index (κ3) is 5.02. The first kappa shape index (κ1) is 22.1. The molecule has 0 saturated heterocycles. The van der Waals surface area contributed by atoms with Gasteiger partial charge in [-0.25, -0.2) is 0 Å². The number of benzene rings is 1. The molecule has 0 amide bonds. The Morgan fingerprint density at radius 1 is 1.12 bits per heavy atom. The number of hydrogen-bond donors (Lipinski definition) is 0. The largest absolute Gasteiger partial charge is 0.493 e. The molecular formula is C18H27NO6S. The number of nitrogens with zero attached hydrogens (tertiary/aromatic N) is 1. The van der Waals surface area contributed by atoms with Crippen molar-refractivity contribution in [2.45, 2.75) is 32.1 Å². The standard InChI is InChI=1S/C18H27NO6S/c1-13(2)18(12-19,8-7-9-25-26(6,20)21)14-10-15(22-3)17(24-5)16(11-14)23-4/h10-11,13H,7-9H2,1-6H3. The van der Waals surface area contributed by atoms with Crippen molar-refractivity contribution < 1.29 is 26.8 Å². The Labute approximate surface area is 155 Å². The monoisotopic (exact) mass is 385 g/mol. The second-order valence-corrected chi connectivity index (χ2v) is 7.93. The zero-order valence-corrected chi connectivity index (χ0v) is 17.0. The van der Waals surface area contributed by atoms with Crippen LogP contribution in [0.15, 0.2) is 12.1 Å². The molecule has 1 aromatic rings. The van der Waals surface area contributed by atoms with Crippen LogP contribution in [0.5, 0.6) is 17.2 Å². The molecule has 0 heterocycles.